The van der Waals surface area contributed by atoms with Crippen LogP contribution < -0.4 is 19.7 Å². The normalized spacial score (nSPS) is 26.5. The molecule has 4 rings (SSSR count). The number of ether oxygens (including phenoxy) is 4. The third-order valence-electron chi connectivity index (χ3n) is 6.25. The summed E-state index contributed by atoms with van der Waals surface area (Å²) in [5, 5.41) is 13.7. The van der Waals surface area contributed by atoms with Crippen molar-refractivity contribution in [2.24, 2.45) is 0 Å². The number of amides is 1. The van der Waals surface area contributed by atoms with Crippen molar-refractivity contribution in [3.63, 3.8) is 0 Å². The summed E-state index contributed by atoms with van der Waals surface area (Å²) in [6, 6.07) is 9.18. The van der Waals surface area contributed by atoms with Crippen molar-refractivity contribution in [2.75, 3.05) is 24.4 Å². The Morgan fingerprint density at radius 2 is 1.76 bits per heavy atom. The second kappa shape index (κ2) is 8.46. The highest BCUT2D eigenvalue weighted by Gasteiger charge is 2.73. The van der Waals surface area contributed by atoms with Gasteiger partial charge in [0.25, 0.3) is 5.79 Å². The van der Waals surface area contributed by atoms with Gasteiger partial charge in [-0.05, 0) is 44.2 Å². The topological polar surface area (TPSA) is 144 Å². The van der Waals surface area contributed by atoms with Crippen LogP contribution in [0.3, 0.4) is 0 Å². The largest absolute Gasteiger partial charge is 0.482 e. The quantitative estimate of drug-likeness (QED) is 0.377. The highest BCUT2D eigenvalue weighted by Crippen LogP contribution is 2.59. The lowest BCUT2D eigenvalue weighted by Crippen LogP contribution is -2.77. The van der Waals surface area contributed by atoms with Crippen molar-refractivity contribution >= 4 is 27.4 Å². The number of nitrogens with zero attached hydrogens (tertiary/aromatic N) is 1. The van der Waals surface area contributed by atoms with Gasteiger partial charge >= 0.3 is 27.8 Å². The third kappa shape index (κ3) is 3.88. The van der Waals surface area contributed by atoms with Crippen molar-refractivity contribution in [3.8, 4) is 11.5 Å². The van der Waals surface area contributed by atoms with Crippen LogP contribution in [-0.4, -0.2) is 61.3 Å². The summed E-state index contributed by atoms with van der Waals surface area (Å²) < 4.78 is 96.6. The van der Waals surface area contributed by atoms with Gasteiger partial charge in [-0.2, -0.15) is 21.6 Å². The number of nitrogens with one attached hydrogen (secondary N) is 1. The predicted octanol–water partition coefficient (Wildman–Crippen LogP) is 2.56. The number of rotatable bonds is 5. The minimum atomic E-state index is -5.21. The van der Waals surface area contributed by atoms with Gasteiger partial charge in [0, 0.05) is 19.9 Å². The molecule has 2 aromatic carbocycles. The molecule has 2 aliphatic rings. The number of hydrogen-bond donors (Lipinski definition) is 3. The molecule has 11 nitrogen and oxygen atoms in total. The van der Waals surface area contributed by atoms with E-state index >= 15 is 0 Å². The minimum Gasteiger partial charge on any atom is -0.482 e. The molecule has 2 aromatic rings. The molecule has 0 saturated heterocycles. The van der Waals surface area contributed by atoms with E-state index in [4.69, 9.17) is 18.9 Å². The maximum absolute atomic E-state index is 12.9. The molecule has 37 heavy (non-hydrogen) atoms. The van der Waals surface area contributed by atoms with E-state index < -0.39 is 44.9 Å². The Balaban J connectivity index is 2.07. The highest BCUT2D eigenvalue weighted by molar-refractivity contribution is 7.86. The Bertz CT molecular complexity index is 1350. The Kier molecular flexibility index (Phi) is 6.16. The number of anilines is 2. The Hall–Kier alpha value is -3.11. The van der Waals surface area contributed by atoms with Gasteiger partial charge in [0.15, 0.2) is 5.60 Å². The lowest BCUT2D eigenvalue weighted by Gasteiger charge is -2.58. The summed E-state index contributed by atoms with van der Waals surface area (Å²) >= 11 is 0. The molecule has 0 aliphatic carbocycles. The van der Waals surface area contributed by atoms with Crippen molar-refractivity contribution < 1.29 is 55.0 Å². The average molecular weight is 548 g/mol. The fraction of sp³-hybridized carbons (Fsp3) is 0.409. The smallest absolute Gasteiger partial charge is 0.471 e. The molecule has 3 N–H and O–H groups in total. The maximum Gasteiger partial charge on any atom is 0.471 e. The average Bonchev–Trinajstić information content (AvgIpc) is 3.20. The van der Waals surface area contributed by atoms with E-state index in [0.29, 0.717) is 0 Å². The number of benzene rings is 2. The van der Waals surface area contributed by atoms with Crippen LogP contribution in [0, 0.1) is 0 Å². The fourth-order valence-corrected chi connectivity index (χ4v) is 5.42. The van der Waals surface area contributed by atoms with Crippen molar-refractivity contribution in [1.82, 2.24) is 0 Å². The number of carbonyl (C=O) groups excluding carboxylic acids is 1. The number of para-hydroxylation sites is 2. The van der Waals surface area contributed by atoms with Gasteiger partial charge in [-0.25, -0.2) is 0 Å². The molecule has 0 fully saturated rings. The summed E-state index contributed by atoms with van der Waals surface area (Å²) in [4.78, 5) is 12.5. The molecule has 0 spiro atoms. The summed E-state index contributed by atoms with van der Waals surface area (Å²) in [5.74, 6) is -4.97. The van der Waals surface area contributed by atoms with Gasteiger partial charge in [-0.3, -0.25) is 14.2 Å². The molecule has 0 saturated carbocycles. The molecule has 202 valence electrons. The Labute approximate surface area is 209 Å². The van der Waals surface area contributed by atoms with Crippen molar-refractivity contribution in [1.29, 1.82) is 0 Å². The van der Waals surface area contributed by atoms with Crippen LogP contribution >= 0.6 is 0 Å². The maximum atomic E-state index is 12.9. The number of carbonyl (C=O) groups is 1. The van der Waals surface area contributed by atoms with Crippen LogP contribution in [0.15, 0.2) is 42.5 Å². The number of aliphatic hydroxyl groups is 1. The van der Waals surface area contributed by atoms with E-state index in [1.54, 1.807) is 5.32 Å². The van der Waals surface area contributed by atoms with Crippen LogP contribution in [0.5, 0.6) is 11.5 Å². The number of hydrogen-bond acceptors (Lipinski definition) is 9. The fourth-order valence-electron chi connectivity index (χ4n) is 4.66. The molecule has 3 atom stereocenters. The van der Waals surface area contributed by atoms with E-state index in [0.717, 1.165) is 31.3 Å². The van der Waals surface area contributed by atoms with E-state index in [9.17, 15) is 36.0 Å². The Morgan fingerprint density at radius 1 is 1.11 bits per heavy atom. The van der Waals surface area contributed by atoms with Gasteiger partial charge in [0.1, 0.15) is 11.5 Å². The monoisotopic (exact) mass is 548 g/mol. The molecule has 1 amide bonds. The molecule has 15 heteroatoms. The summed E-state index contributed by atoms with van der Waals surface area (Å²) in [6.45, 7) is 2.80. The van der Waals surface area contributed by atoms with Crippen LogP contribution in [-0.2, 0) is 30.1 Å². The lowest BCUT2D eigenvalue weighted by molar-refractivity contribution is -0.368. The molecule has 0 radical (unpaired) electrons. The van der Waals surface area contributed by atoms with Crippen LogP contribution in [0.1, 0.15) is 19.4 Å². The lowest BCUT2D eigenvalue weighted by atomic mass is 9.78. The number of halogens is 3. The molecule has 2 heterocycles. The van der Waals surface area contributed by atoms with E-state index in [1.807, 2.05) is 0 Å². The first-order valence-electron chi connectivity index (χ1n) is 10.6. The Morgan fingerprint density at radius 3 is 2.32 bits per heavy atom. The van der Waals surface area contributed by atoms with Crippen LogP contribution in [0.25, 0.3) is 0 Å². The van der Waals surface area contributed by atoms with E-state index in [-0.39, 0.29) is 28.4 Å². The summed E-state index contributed by atoms with van der Waals surface area (Å²) in [5.41, 5.74) is -6.96. The first-order valence-corrected chi connectivity index (χ1v) is 12.1. The zero-order valence-corrected chi connectivity index (χ0v) is 20.7. The molecular formula is C22H23F3N2O9S. The van der Waals surface area contributed by atoms with Gasteiger partial charge in [-0.15, -0.1) is 0 Å². The van der Waals surface area contributed by atoms with Crippen LogP contribution in [0.4, 0.5) is 24.5 Å². The predicted molar refractivity (Wildman–Crippen MR) is 121 cm³/mol. The van der Waals surface area contributed by atoms with Gasteiger partial charge < -0.3 is 29.4 Å². The molecule has 0 aromatic heterocycles. The van der Waals surface area contributed by atoms with Crippen LogP contribution in [0.2, 0.25) is 0 Å². The standard InChI is InChI=1S/C22H23F3N2O9S/c1-19(2)22(29,34-4)20(33-3,27-14-7-5-6-8-16(14)35-18(27)37(30,31)32)13-11-12(9-10-15(13)36-19)26-17(28)21(23,24)25/h5-11,18,29H,1-4H3,(H,26,28)(H,30,31,32). The van der Waals surface area contributed by atoms with Gasteiger partial charge in [0.05, 0.1) is 11.3 Å². The second-order valence-electron chi connectivity index (χ2n) is 8.75. The first kappa shape index (κ1) is 26.9. The summed E-state index contributed by atoms with van der Waals surface area (Å²) in [6.07, 6.45) is -5.21. The van der Waals surface area contributed by atoms with E-state index in [2.05, 4.69) is 0 Å². The number of fused-ring (bicyclic) bond motifs is 2. The number of methoxy groups -OCH3 is 2. The highest BCUT2D eigenvalue weighted by atomic mass is 32.2. The first-order chi connectivity index (χ1) is 17.0. The zero-order chi connectivity index (χ0) is 27.6. The molecule has 2 aliphatic heterocycles. The third-order valence-corrected chi connectivity index (χ3v) is 7.07. The molecule has 3 unspecified atom stereocenters. The summed E-state index contributed by atoms with van der Waals surface area (Å²) in [7, 11) is -2.91. The molecular weight excluding hydrogens is 525 g/mol. The zero-order valence-electron chi connectivity index (χ0n) is 19.9. The minimum absolute atomic E-state index is 0.0209. The van der Waals surface area contributed by atoms with Gasteiger partial charge in [-0.1, -0.05) is 12.1 Å². The molecule has 0 bridgehead atoms. The second-order valence-corrected chi connectivity index (χ2v) is 10.2. The number of alkyl halides is 3. The van der Waals surface area contributed by atoms with Crippen molar-refractivity contribution in [2.45, 2.75) is 42.7 Å². The SMILES string of the molecule is COC1(N2c3ccccc3OC2S(=O)(=O)O)c2cc(NC(=O)C(F)(F)F)ccc2OC(C)(C)C1(O)OC. The van der Waals surface area contributed by atoms with Gasteiger partial charge in [0.2, 0.25) is 5.72 Å². The van der Waals surface area contributed by atoms with Crippen molar-refractivity contribution in [3.05, 3.63) is 48.0 Å². The van der Waals surface area contributed by atoms with E-state index in [1.165, 1.54) is 44.2 Å².